The van der Waals surface area contributed by atoms with E-state index in [2.05, 4.69) is 36.9 Å². The summed E-state index contributed by atoms with van der Waals surface area (Å²) in [5.41, 5.74) is 0. The van der Waals surface area contributed by atoms with Gasteiger partial charge in [-0.25, -0.2) is 0 Å². The van der Waals surface area contributed by atoms with Crippen molar-refractivity contribution in [1.82, 2.24) is 0 Å². The van der Waals surface area contributed by atoms with E-state index in [9.17, 15) is 0 Å². The maximum Gasteiger partial charge on any atom is 0.224 e. The van der Waals surface area contributed by atoms with Crippen LogP contribution in [0.5, 0.6) is 0 Å². The summed E-state index contributed by atoms with van der Waals surface area (Å²) in [5, 5.41) is 1.38. The lowest BCUT2D eigenvalue weighted by atomic mass is 10.3. The smallest absolute Gasteiger partial charge is 0.224 e. The summed E-state index contributed by atoms with van der Waals surface area (Å²) >= 11 is 0. The molecule has 0 amide bonds. The molecular formula is C12H18O2Si. The highest BCUT2D eigenvalue weighted by Gasteiger charge is 2.37. The molecule has 82 valence electrons. The summed E-state index contributed by atoms with van der Waals surface area (Å²) in [6, 6.07) is 11.8. The van der Waals surface area contributed by atoms with Gasteiger partial charge in [0.15, 0.2) is 0 Å². The maximum absolute atomic E-state index is 6.13. The lowest BCUT2D eigenvalue weighted by molar-refractivity contribution is -0.0720. The zero-order chi connectivity index (χ0) is 10.7. The summed E-state index contributed by atoms with van der Waals surface area (Å²) in [6.07, 6.45) is 2.26. The van der Waals surface area contributed by atoms with Crippen molar-refractivity contribution >= 4 is 13.5 Å². The predicted octanol–water partition coefficient (Wildman–Crippen LogP) is 2.25. The number of hydrogen-bond donors (Lipinski definition) is 0. The first-order valence-electron chi connectivity index (χ1n) is 5.51. The molecule has 3 heteroatoms. The molecule has 0 aromatic heterocycles. The molecule has 0 radical (unpaired) electrons. The topological polar surface area (TPSA) is 18.5 Å². The Kier molecular flexibility index (Phi) is 3.24. The minimum absolute atomic E-state index is 0.00984. The molecule has 1 fully saturated rings. The van der Waals surface area contributed by atoms with Gasteiger partial charge < -0.3 is 9.16 Å². The standard InChI is InChI=1S/C12H18O2Si/c1-13-12-9-6-10-15(2,14-12)11-7-4-3-5-8-11/h3-5,7-8,12H,6,9-10H2,1-2H3. The van der Waals surface area contributed by atoms with Crippen molar-refractivity contribution in [3.63, 3.8) is 0 Å². The molecule has 2 unspecified atom stereocenters. The fourth-order valence-electron chi connectivity index (χ4n) is 2.18. The Morgan fingerprint density at radius 1 is 1.33 bits per heavy atom. The van der Waals surface area contributed by atoms with Crippen molar-refractivity contribution in [2.24, 2.45) is 0 Å². The molecule has 0 N–H and O–H groups in total. The third-order valence-corrected chi connectivity index (χ3v) is 6.78. The van der Waals surface area contributed by atoms with Crippen LogP contribution in [-0.4, -0.2) is 21.7 Å². The number of methoxy groups -OCH3 is 1. The van der Waals surface area contributed by atoms with E-state index in [0.717, 1.165) is 6.42 Å². The van der Waals surface area contributed by atoms with Crippen molar-refractivity contribution in [3.05, 3.63) is 30.3 Å². The fourth-order valence-corrected chi connectivity index (χ4v) is 5.30. The molecule has 2 atom stereocenters. The average molecular weight is 222 g/mol. The normalized spacial score (nSPS) is 31.5. The van der Waals surface area contributed by atoms with Gasteiger partial charge in [0.2, 0.25) is 8.32 Å². The second kappa shape index (κ2) is 4.47. The van der Waals surface area contributed by atoms with Gasteiger partial charge in [-0.05, 0) is 30.6 Å². The highest BCUT2D eigenvalue weighted by atomic mass is 28.4. The molecule has 1 heterocycles. The Bertz CT molecular complexity index is 315. The van der Waals surface area contributed by atoms with Crippen LogP contribution in [0.25, 0.3) is 0 Å². The molecular weight excluding hydrogens is 204 g/mol. The third-order valence-electron chi connectivity index (χ3n) is 3.13. The first-order chi connectivity index (χ1) is 7.24. The van der Waals surface area contributed by atoms with Gasteiger partial charge in [0.05, 0.1) is 0 Å². The Balaban J connectivity index is 2.19. The van der Waals surface area contributed by atoms with Crippen LogP contribution in [-0.2, 0) is 9.16 Å². The van der Waals surface area contributed by atoms with E-state index in [1.807, 2.05) is 0 Å². The van der Waals surface area contributed by atoms with Crippen LogP contribution < -0.4 is 5.19 Å². The SMILES string of the molecule is COC1CCC[Si](C)(c2ccccc2)O1. The Morgan fingerprint density at radius 2 is 2.07 bits per heavy atom. The minimum Gasteiger partial charge on any atom is -0.388 e. The predicted molar refractivity (Wildman–Crippen MR) is 63.6 cm³/mol. The van der Waals surface area contributed by atoms with Gasteiger partial charge in [-0.3, -0.25) is 0 Å². The molecule has 2 rings (SSSR count). The first-order valence-corrected chi connectivity index (χ1v) is 8.12. The van der Waals surface area contributed by atoms with Crippen LogP contribution in [0.3, 0.4) is 0 Å². The Labute approximate surface area is 92.3 Å². The van der Waals surface area contributed by atoms with Gasteiger partial charge in [0.25, 0.3) is 0 Å². The molecule has 0 spiro atoms. The van der Waals surface area contributed by atoms with Crippen LogP contribution in [0.4, 0.5) is 0 Å². The molecule has 1 saturated heterocycles. The van der Waals surface area contributed by atoms with Crippen LogP contribution in [0.1, 0.15) is 12.8 Å². The number of hydrogen-bond acceptors (Lipinski definition) is 2. The average Bonchev–Trinajstić information content (AvgIpc) is 2.30. The second-order valence-electron chi connectivity index (χ2n) is 4.27. The van der Waals surface area contributed by atoms with E-state index in [1.165, 1.54) is 17.7 Å². The summed E-state index contributed by atoms with van der Waals surface area (Å²) in [6.45, 7) is 2.29. The van der Waals surface area contributed by atoms with E-state index < -0.39 is 8.32 Å². The molecule has 1 aliphatic rings. The maximum atomic E-state index is 6.13. The van der Waals surface area contributed by atoms with E-state index in [-0.39, 0.29) is 6.29 Å². The van der Waals surface area contributed by atoms with E-state index in [0.29, 0.717) is 0 Å². The second-order valence-corrected chi connectivity index (χ2v) is 8.05. The van der Waals surface area contributed by atoms with Crippen LogP contribution in [0.15, 0.2) is 30.3 Å². The fraction of sp³-hybridized carbons (Fsp3) is 0.500. The minimum atomic E-state index is -1.72. The van der Waals surface area contributed by atoms with E-state index in [4.69, 9.17) is 9.16 Å². The van der Waals surface area contributed by atoms with Gasteiger partial charge in [0.1, 0.15) is 6.29 Å². The molecule has 1 aromatic rings. The van der Waals surface area contributed by atoms with Crippen LogP contribution in [0, 0.1) is 0 Å². The molecule has 15 heavy (non-hydrogen) atoms. The Morgan fingerprint density at radius 3 is 2.73 bits per heavy atom. The number of rotatable bonds is 2. The quantitative estimate of drug-likeness (QED) is 0.715. The highest BCUT2D eigenvalue weighted by molar-refractivity contribution is 6.85. The number of ether oxygens (including phenoxy) is 1. The van der Waals surface area contributed by atoms with Gasteiger partial charge in [-0.1, -0.05) is 30.3 Å². The lowest BCUT2D eigenvalue weighted by Crippen LogP contribution is -2.52. The van der Waals surface area contributed by atoms with Crippen molar-refractivity contribution in [2.75, 3.05) is 7.11 Å². The monoisotopic (exact) mass is 222 g/mol. The first kappa shape index (κ1) is 10.9. The molecule has 0 saturated carbocycles. The van der Waals surface area contributed by atoms with E-state index in [1.54, 1.807) is 7.11 Å². The van der Waals surface area contributed by atoms with Crippen molar-refractivity contribution in [2.45, 2.75) is 31.7 Å². The molecule has 2 nitrogen and oxygen atoms in total. The van der Waals surface area contributed by atoms with Gasteiger partial charge >= 0.3 is 0 Å². The van der Waals surface area contributed by atoms with Crippen LogP contribution in [0.2, 0.25) is 12.6 Å². The molecule has 1 aliphatic heterocycles. The van der Waals surface area contributed by atoms with Gasteiger partial charge in [-0.2, -0.15) is 0 Å². The lowest BCUT2D eigenvalue weighted by Gasteiger charge is -2.36. The molecule has 0 aliphatic carbocycles. The van der Waals surface area contributed by atoms with E-state index >= 15 is 0 Å². The van der Waals surface area contributed by atoms with Gasteiger partial charge in [-0.15, -0.1) is 0 Å². The molecule has 1 aromatic carbocycles. The summed E-state index contributed by atoms with van der Waals surface area (Å²) in [7, 11) is 0.0102. The van der Waals surface area contributed by atoms with Gasteiger partial charge in [0, 0.05) is 7.11 Å². The third kappa shape index (κ3) is 2.30. The zero-order valence-electron chi connectivity index (χ0n) is 9.40. The van der Waals surface area contributed by atoms with Crippen molar-refractivity contribution in [3.8, 4) is 0 Å². The zero-order valence-corrected chi connectivity index (χ0v) is 10.4. The summed E-state index contributed by atoms with van der Waals surface area (Å²) in [4.78, 5) is 0. The van der Waals surface area contributed by atoms with Crippen molar-refractivity contribution in [1.29, 1.82) is 0 Å². The van der Waals surface area contributed by atoms with Crippen molar-refractivity contribution < 1.29 is 9.16 Å². The Hall–Kier alpha value is -0.643. The largest absolute Gasteiger partial charge is 0.388 e. The molecule has 0 bridgehead atoms. The highest BCUT2D eigenvalue weighted by Crippen LogP contribution is 2.26. The summed E-state index contributed by atoms with van der Waals surface area (Å²) in [5.74, 6) is 0. The number of benzene rings is 1. The van der Waals surface area contributed by atoms with Crippen LogP contribution >= 0.6 is 0 Å². The summed E-state index contributed by atoms with van der Waals surface area (Å²) < 4.78 is 11.4.